The quantitative estimate of drug-likeness (QED) is 0.163. The van der Waals surface area contributed by atoms with Crippen LogP contribution in [0.25, 0.3) is 0 Å². The van der Waals surface area contributed by atoms with Crippen molar-refractivity contribution in [3.8, 4) is 11.5 Å². The van der Waals surface area contributed by atoms with Crippen LogP contribution in [0.1, 0.15) is 24.9 Å². The van der Waals surface area contributed by atoms with Crippen LogP contribution in [0, 0.1) is 0 Å². The first-order valence-electron chi connectivity index (χ1n) is 10.0. The molecular formula is C21H39IN4O4. The highest BCUT2D eigenvalue weighted by Crippen LogP contribution is 2.31. The molecule has 1 rings (SSSR count). The van der Waals surface area contributed by atoms with Gasteiger partial charge in [0.05, 0.1) is 40.0 Å². The van der Waals surface area contributed by atoms with Crippen LogP contribution < -0.4 is 20.1 Å². The first-order valence-corrected chi connectivity index (χ1v) is 10.0. The number of benzene rings is 1. The number of aliphatic imine (C=N–C) groups is 1. The van der Waals surface area contributed by atoms with Crippen molar-refractivity contribution in [2.24, 2.45) is 4.99 Å². The van der Waals surface area contributed by atoms with E-state index in [1.54, 1.807) is 21.3 Å². The van der Waals surface area contributed by atoms with E-state index in [1.165, 1.54) is 0 Å². The highest BCUT2D eigenvalue weighted by atomic mass is 127. The molecule has 1 aromatic carbocycles. The number of nitrogens with zero attached hydrogens (tertiary/aromatic N) is 2. The van der Waals surface area contributed by atoms with Crippen molar-refractivity contribution in [3.05, 3.63) is 23.8 Å². The van der Waals surface area contributed by atoms with Crippen molar-refractivity contribution in [2.45, 2.75) is 19.4 Å². The molecule has 0 heterocycles. The number of guanidine groups is 1. The third-order valence-corrected chi connectivity index (χ3v) is 4.37. The van der Waals surface area contributed by atoms with E-state index in [4.69, 9.17) is 23.9 Å². The van der Waals surface area contributed by atoms with E-state index in [-0.39, 0.29) is 30.0 Å². The van der Waals surface area contributed by atoms with E-state index in [0.717, 1.165) is 42.5 Å². The fourth-order valence-electron chi connectivity index (χ4n) is 2.77. The number of nitrogens with one attached hydrogen (secondary N) is 2. The maximum absolute atomic E-state index is 5.49. The largest absolute Gasteiger partial charge is 0.493 e. The molecule has 0 aliphatic heterocycles. The number of halogens is 1. The smallest absolute Gasteiger partial charge is 0.191 e. The number of methoxy groups -OCH3 is 3. The monoisotopic (exact) mass is 538 g/mol. The van der Waals surface area contributed by atoms with Crippen molar-refractivity contribution in [1.82, 2.24) is 15.5 Å². The van der Waals surface area contributed by atoms with E-state index in [0.29, 0.717) is 26.4 Å². The zero-order chi connectivity index (χ0) is 21.5. The Morgan fingerprint density at radius 2 is 1.77 bits per heavy atom. The van der Waals surface area contributed by atoms with E-state index in [2.05, 4.69) is 42.6 Å². The molecule has 0 amide bonds. The Bertz CT molecular complexity index is 602. The lowest BCUT2D eigenvalue weighted by Crippen LogP contribution is -2.38. The Hall–Kier alpha value is -1.30. The molecule has 1 unspecified atom stereocenters. The Labute approximate surface area is 198 Å². The summed E-state index contributed by atoms with van der Waals surface area (Å²) in [6.07, 6.45) is 0.904. The summed E-state index contributed by atoms with van der Waals surface area (Å²) in [5.74, 6) is 2.25. The molecule has 1 atom stereocenters. The minimum absolute atomic E-state index is 0. The predicted molar refractivity (Wildman–Crippen MR) is 133 cm³/mol. The van der Waals surface area contributed by atoms with Crippen molar-refractivity contribution in [1.29, 1.82) is 0 Å². The van der Waals surface area contributed by atoms with Crippen molar-refractivity contribution < 1.29 is 18.9 Å². The normalized spacial score (nSPS) is 12.3. The summed E-state index contributed by atoms with van der Waals surface area (Å²) < 4.78 is 21.2. The molecule has 0 saturated heterocycles. The first-order chi connectivity index (χ1) is 14.1. The Morgan fingerprint density at radius 1 is 1.03 bits per heavy atom. The van der Waals surface area contributed by atoms with Crippen LogP contribution in [0.3, 0.4) is 0 Å². The summed E-state index contributed by atoms with van der Waals surface area (Å²) in [4.78, 5) is 6.93. The zero-order valence-corrected chi connectivity index (χ0v) is 21.5. The molecule has 174 valence electrons. The third-order valence-electron chi connectivity index (χ3n) is 4.37. The van der Waals surface area contributed by atoms with Gasteiger partial charge in [-0.25, -0.2) is 0 Å². The Kier molecular flexibility index (Phi) is 16.6. The minimum atomic E-state index is 0. The lowest BCUT2D eigenvalue weighted by molar-refractivity contribution is 0.0698. The zero-order valence-electron chi connectivity index (χ0n) is 19.2. The number of hydrogen-bond acceptors (Lipinski definition) is 6. The summed E-state index contributed by atoms with van der Waals surface area (Å²) in [6.45, 7) is 6.22. The Balaban J connectivity index is 0.00000841. The van der Waals surface area contributed by atoms with Gasteiger partial charge in [0.15, 0.2) is 17.5 Å². The molecule has 1 aromatic rings. The molecule has 0 aromatic heterocycles. The Morgan fingerprint density at radius 3 is 2.37 bits per heavy atom. The molecular weight excluding hydrogens is 499 g/mol. The van der Waals surface area contributed by atoms with Gasteiger partial charge >= 0.3 is 0 Å². The van der Waals surface area contributed by atoms with Gasteiger partial charge in [-0.05, 0) is 45.1 Å². The van der Waals surface area contributed by atoms with Gasteiger partial charge in [-0.3, -0.25) is 4.99 Å². The highest BCUT2D eigenvalue weighted by Gasteiger charge is 2.16. The second-order valence-electron chi connectivity index (χ2n) is 6.70. The van der Waals surface area contributed by atoms with Crippen LogP contribution in [-0.4, -0.2) is 85.7 Å². The van der Waals surface area contributed by atoms with E-state index >= 15 is 0 Å². The maximum Gasteiger partial charge on any atom is 0.191 e. The van der Waals surface area contributed by atoms with Gasteiger partial charge in [0.2, 0.25) is 0 Å². The molecule has 0 radical (unpaired) electrons. The molecule has 30 heavy (non-hydrogen) atoms. The summed E-state index contributed by atoms with van der Waals surface area (Å²) >= 11 is 0. The molecule has 2 N–H and O–H groups in total. The molecule has 0 aliphatic carbocycles. The molecule has 9 heteroatoms. The van der Waals surface area contributed by atoms with Crippen LogP contribution in [0.5, 0.6) is 11.5 Å². The van der Waals surface area contributed by atoms with Crippen molar-refractivity contribution in [3.63, 3.8) is 0 Å². The van der Waals surface area contributed by atoms with Gasteiger partial charge < -0.3 is 34.5 Å². The molecule has 0 aliphatic rings. The molecule has 0 spiro atoms. The first kappa shape index (κ1) is 28.7. The van der Waals surface area contributed by atoms with Gasteiger partial charge in [0.1, 0.15) is 0 Å². The number of likely N-dealkylation sites (N-methyl/N-ethyl adjacent to an activating group) is 1. The van der Waals surface area contributed by atoms with Gasteiger partial charge in [-0.15, -0.1) is 24.0 Å². The van der Waals surface area contributed by atoms with Crippen molar-refractivity contribution in [2.75, 3.05) is 74.9 Å². The average Bonchev–Trinajstić information content (AvgIpc) is 2.72. The fraction of sp³-hybridized carbons (Fsp3) is 0.667. The van der Waals surface area contributed by atoms with Gasteiger partial charge in [-0.2, -0.15) is 0 Å². The van der Waals surface area contributed by atoms with Crippen LogP contribution >= 0.6 is 24.0 Å². The molecule has 0 saturated carbocycles. The van der Waals surface area contributed by atoms with Gasteiger partial charge in [0, 0.05) is 26.8 Å². The second-order valence-corrected chi connectivity index (χ2v) is 6.70. The lowest BCUT2D eigenvalue weighted by Gasteiger charge is -2.24. The fourth-order valence-corrected chi connectivity index (χ4v) is 2.77. The maximum atomic E-state index is 5.49. The summed E-state index contributed by atoms with van der Waals surface area (Å²) in [7, 11) is 9.06. The highest BCUT2D eigenvalue weighted by molar-refractivity contribution is 14.0. The average molecular weight is 538 g/mol. The van der Waals surface area contributed by atoms with Crippen LogP contribution in [0.15, 0.2) is 23.2 Å². The molecule has 8 nitrogen and oxygen atoms in total. The number of rotatable bonds is 14. The summed E-state index contributed by atoms with van der Waals surface area (Å²) in [6, 6.07) is 6.11. The number of ether oxygens (including phenoxy) is 4. The summed E-state index contributed by atoms with van der Waals surface area (Å²) in [5.41, 5.74) is 1.12. The van der Waals surface area contributed by atoms with Crippen LogP contribution in [0.2, 0.25) is 0 Å². The SMILES string of the molecule is CCNC(=NCC(c1ccc(OC)c(OC)c1)N(C)C)NCCCOCCOC.I. The topological polar surface area (TPSA) is 76.6 Å². The van der Waals surface area contributed by atoms with Gasteiger partial charge in [0.25, 0.3) is 0 Å². The second kappa shape index (κ2) is 17.4. The van der Waals surface area contributed by atoms with E-state index in [1.807, 2.05) is 12.1 Å². The van der Waals surface area contributed by atoms with Crippen LogP contribution in [0.4, 0.5) is 0 Å². The van der Waals surface area contributed by atoms with E-state index < -0.39 is 0 Å². The minimum Gasteiger partial charge on any atom is -0.493 e. The third kappa shape index (κ3) is 10.6. The standard InChI is InChI=1S/C21H38N4O4.HI/c1-7-22-21(23-11-8-12-29-14-13-26-4)24-16-18(25(2)3)17-9-10-19(27-5)20(15-17)28-6;/h9-10,15,18H,7-8,11-14,16H2,1-6H3,(H2,22,23,24);1H. The summed E-state index contributed by atoms with van der Waals surface area (Å²) in [5, 5.41) is 6.66. The molecule has 0 bridgehead atoms. The molecule has 0 fully saturated rings. The number of hydrogen-bond donors (Lipinski definition) is 2. The van der Waals surface area contributed by atoms with Gasteiger partial charge in [-0.1, -0.05) is 6.07 Å². The van der Waals surface area contributed by atoms with Crippen molar-refractivity contribution >= 4 is 29.9 Å². The lowest BCUT2D eigenvalue weighted by atomic mass is 10.1. The van der Waals surface area contributed by atoms with Crippen LogP contribution in [-0.2, 0) is 9.47 Å². The van der Waals surface area contributed by atoms with E-state index in [9.17, 15) is 0 Å². The predicted octanol–water partition coefficient (Wildman–Crippen LogP) is 2.53.